The van der Waals surface area contributed by atoms with E-state index in [-0.39, 0.29) is 0 Å². The quantitative estimate of drug-likeness (QED) is 0.0938. The Morgan fingerprint density at radius 2 is 0.634 bits per heavy atom. The maximum Gasteiger partial charge on any atom is -0.00197 e. The first-order valence-corrected chi connectivity index (χ1v) is 24.7. The van der Waals surface area contributed by atoms with Crippen molar-refractivity contribution in [2.45, 2.75) is 0 Å². The number of rotatable bonds is 4. The van der Waals surface area contributed by atoms with Gasteiger partial charge in [0.2, 0.25) is 0 Å². The molecular weight excluding hydrogens is 853 g/mol. The van der Waals surface area contributed by atoms with Gasteiger partial charge >= 0.3 is 0 Å². The van der Waals surface area contributed by atoms with Crippen molar-refractivity contribution in [3.63, 3.8) is 0 Å². The van der Waals surface area contributed by atoms with Gasteiger partial charge in [0.05, 0.1) is 0 Å². The van der Waals surface area contributed by atoms with Gasteiger partial charge in [0, 0.05) is 0 Å². The van der Waals surface area contributed by atoms with E-state index in [2.05, 4.69) is 254 Å². The highest BCUT2D eigenvalue weighted by Gasteiger charge is 2.25. The molecule has 0 saturated heterocycles. The minimum Gasteiger partial charge on any atom is -0.120 e. The number of allylic oxidation sites excluding steroid dienone is 2. The molecule has 0 aliphatic heterocycles. The fraction of sp³-hybridized carbons (Fsp3) is 0. The van der Waals surface area contributed by atoms with E-state index in [1.165, 1.54) is 153 Å². The fourth-order valence-electron chi connectivity index (χ4n) is 12.4. The van der Waals surface area contributed by atoms with E-state index < -0.39 is 0 Å². The Morgan fingerprint density at radius 1 is 0.239 bits per heavy atom. The standard InChI is InChI=1S/C71H42/c1-4-20-44(21-5-1)46-37-39-61-62(40-46)70(66-42-64-52-28-12-10-25-48(52)50-24-8-3-9-32-56(50)68(64)58-34-18-15-30-54(58)66)60-38-36-47(45-22-6-2-7-23-45)41-63(60)71(61)67-43-65-53-29-13-11-26-49(53)51-27-14-17-33-57(51)69(65)59-35-19-16-31-55(59)67/h1-7,9-43H. The third kappa shape index (κ3) is 5.93. The van der Waals surface area contributed by atoms with Crippen LogP contribution in [0.1, 0.15) is 11.1 Å². The van der Waals surface area contributed by atoms with Gasteiger partial charge in [0.1, 0.15) is 0 Å². The Hall–Kier alpha value is -9.32. The third-order valence-electron chi connectivity index (χ3n) is 15.4. The van der Waals surface area contributed by atoms with E-state index in [9.17, 15) is 0 Å². The second kappa shape index (κ2) is 15.6. The predicted octanol–water partition coefficient (Wildman–Crippen LogP) is 19.9. The molecule has 0 unspecified atom stereocenters. The Kier molecular flexibility index (Phi) is 8.72. The molecule has 0 atom stereocenters. The van der Waals surface area contributed by atoms with Crippen molar-refractivity contribution in [1.82, 2.24) is 0 Å². The first-order chi connectivity index (χ1) is 35.3. The van der Waals surface area contributed by atoms with Crippen LogP contribution in [0.5, 0.6) is 0 Å². The highest BCUT2D eigenvalue weighted by atomic mass is 14.3. The molecule has 1 aliphatic rings. The molecule has 1 aliphatic carbocycles. The van der Waals surface area contributed by atoms with E-state index in [1.54, 1.807) is 0 Å². The van der Waals surface area contributed by atoms with Crippen LogP contribution >= 0.6 is 0 Å². The first-order valence-electron chi connectivity index (χ1n) is 24.7. The van der Waals surface area contributed by atoms with Crippen molar-refractivity contribution in [2.75, 3.05) is 0 Å². The SMILES string of the molecule is C1=CC=Cc2c(c3ccccc3c3cc(-c4c5cc(-c6ccccc6)ccc5c(-c5cc6c7ccccc7c7ccccc7c6c6ccccc56)c5cc(-c6ccccc6)ccc45)c4ccccc4c23)C=1. The molecule has 0 N–H and O–H groups in total. The summed E-state index contributed by atoms with van der Waals surface area (Å²) < 4.78 is 0. The van der Waals surface area contributed by atoms with Crippen LogP contribution in [0.2, 0.25) is 0 Å². The van der Waals surface area contributed by atoms with Gasteiger partial charge in [-0.3, -0.25) is 0 Å². The van der Waals surface area contributed by atoms with Crippen LogP contribution in [0.3, 0.4) is 0 Å². The van der Waals surface area contributed by atoms with E-state index in [0.29, 0.717) is 0 Å². The summed E-state index contributed by atoms with van der Waals surface area (Å²) in [5.74, 6) is 0. The van der Waals surface area contributed by atoms with Crippen molar-refractivity contribution in [3.05, 3.63) is 260 Å². The zero-order valence-corrected chi connectivity index (χ0v) is 38.7. The lowest BCUT2D eigenvalue weighted by atomic mass is 9.79. The molecule has 0 radical (unpaired) electrons. The molecule has 14 aromatic carbocycles. The van der Waals surface area contributed by atoms with Gasteiger partial charge in [-0.1, -0.05) is 218 Å². The van der Waals surface area contributed by atoms with E-state index in [0.717, 1.165) is 0 Å². The van der Waals surface area contributed by atoms with Crippen molar-refractivity contribution >= 4 is 109 Å². The van der Waals surface area contributed by atoms with Gasteiger partial charge in [0.25, 0.3) is 0 Å². The first kappa shape index (κ1) is 39.7. The summed E-state index contributed by atoms with van der Waals surface area (Å²) in [5, 5.41) is 22.5. The molecule has 0 fully saturated rings. The highest BCUT2D eigenvalue weighted by molar-refractivity contribution is 6.36. The van der Waals surface area contributed by atoms with Crippen molar-refractivity contribution < 1.29 is 0 Å². The summed E-state index contributed by atoms with van der Waals surface area (Å²) in [5.41, 5.74) is 15.6. The Balaban J connectivity index is 1.17. The van der Waals surface area contributed by atoms with Gasteiger partial charge in [-0.2, -0.15) is 0 Å². The number of hydrogen-bond donors (Lipinski definition) is 0. The number of hydrogen-bond acceptors (Lipinski definition) is 0. The van der Waals surface area contributed by atoms with Crippen molar-refractivity contribution in [3.8, 4) is 44.5 Å². The monoisotopic (exact) mass is 894 g/mol. The molecule has 0 aromatic heterocycles. The Labute approximate surface area is 411 Å². The topological polar surface area (TPSA) is 0 Å². The average molecular weight is 895 g/mol. The van der Waals surface area contributed by atoms with Gasteiger partial charge in [-0.15, -0.1) is 5.73 Å². The van der Waals surface area contributed by atoms with Crippen LogP contribution in [0.15, 0.2) is 248 Å². The van der Waals surface area contributed by atoms with Crippen LogP contribution in [-0.4, -0.2) is 0 Å². The molecular formula is C71H42. The van der Waals surface area contributed by atoms with Gasteiger partial charge in [0.15, 0.2) is 0 Å². The summed E-state index contributed by atoms with van der Waals surface area (Å²) >= 11 is 0. The maximum atomic E-state index is 3.44. The van der Waals surface area contributed by atoms with Crippen LogP contribution < -0.4 is 0 Å². The molecule has 0 saturated carbocycles. The Bertz CT molecular complexity index is 4700. The molecule has 0 heteroatoms. The zero-order chi connectivity index (χ0) is 46.6. The second-order valence-corrected chi connectivity index (χ2v) is 19.1. The molecule has 0 amide bonds. The number of benzene rings is 14. The van der Waals surface area contributed by atoms with Gasteiger partial charge < -0.3 is 0 Å². The highest BCUT2D eigenvalue weighted by Crippen LogP contribution is 2.52. The lowest BCUT2D eigenvalue weighted by Crippen LogP contribution is -1.96. The lowest BCUT2D eigenvalue weighted by Gasteiger charge is -2.23. The van der Waals surface area contributed by atoms with Crippen LogP contribution in [0, 0.1) is 0 Å². The minimum absolute atomic E-state index is 1.19. The molecule has 0 nitrogen and oxygen atoms in total. The van der Waals surface area contributed by atoms with E-state index in [1.807, 2.05) is 6.08 Å². The summed E-state index contributed by atoms with van der Waals surface area (Å²) in [7, 11) is 0. The predicted molar refractivity (Wildman–Crippen MR) is 307 cm³/mol. The van der Waals surface area contributed by atoms with Gasteiger partial charge in [-0.05, 0) is 189 Å². The summed E-state index contributed by atoms with van der Waals surface area (Å²) in [6.45, 7) is 0. The normalized spacial score (nSPS) is 12.4. The average Bonchev–Trinajstić information content (AvgIpc) is 3.71. The smallest absolute Gasteiger partial charge is 0.00197 e. The van der Waals surface area contributed by atoms with Crippen LogP contribution in [-0.2, 0) is 0 Å². The number of fused-ring (bicyclic) bond motifs is 18. The molecule has 0 spiro atoms. The third-order valence-corrected chi connectivity index (χ3v) is 15.4. The minimum atomic E-state index is 1.19. The van der Waals surface area contributed by atoms with E-state index >= 15 is 0 Å². The van der Waals surface area contributed by atoms with E-state index in [4.69, 9.17) is 0 Å². The van der Waals surface area contributed by atoms with Gasteiger partial charge in [-0.25, -0.2) is 0 Å². The summed E-state index contributed by atoms with van der Waals surface area (Å²) in [6.07, 6.45) is 8.60. The van der Waals surface area contributed by atoms with Crippen molar-refractivity contribution in [2.24, 2.45) is 0 Å². The summed E-state index contributed by atoms with van der Waals surface area (Å²) in [4.78, 5) is 0. The van der Waals surface area contributed by atoms with Crippen LogP contribution in [0.4, 0.5) is 0 Å². The van der Waals surface area contributed by atoms with Crippen LogP contribution in [0.25, 0.3) is 154 Å². The Morgan fingerprint density at radius 3 is 1.17 bits per heavy atom. The zero-order valence-electron chi connectivity index (χ0n) is 38.7. The summed E-state index contributed by atoms with van der Waals surface area (Å²) in [6, 6.07) is 86.4. The van der Waals surface area contributed by atoms with Crippen molar-refractivity contribution in [1.29, 1.82) is 0 Å². The molecule has 0 heterocycles. The fourth-order valence-corrected chi connectivity index (χ4v) is 12.4. The second-order valence-electron chi connectivity index (χ2n) is 19.1. The lowest BCUT2D eigenvalue weighted by molar-refractivity contribution is 1.63. The molecule has 71 heavy (non-hydrogen) atoms. The molecule has 326 valence electrons. The largest absolute Gasteiger partial charge is 0.120 e. The maximum absolute atomic E-state index is 3.44. The molecule has 15 rings (SSSR count). The molecule has 0 bridgehead atoms. The molecule has 14 aromatic rings.